The van der Waals surface area contributed by atoms with E-state index in [1.54, 1.807) is 37.4 Å². The molecule has 2 N–H and O–H groups in total. The summed E-state index contributed by atoms with van der Waals surface area (Å²) in [5.74, 6) is 1.22. The smallest absolute Gasteiger partial charge is 0.287 e. The molecule has 2 heterocycles. The lowest BCUT2D eigenvalue weighted by Gasteiger charge is -2.21. The molecule has 2 aromatic carbocycles. The number of carbonyl (C=O) groups is 2. The van der Waals surface area contributed by atoms with Gasteiger partial charge in [0.25, 0.3) is 11.8 Å². The molecule has 10 heteroatoms. The van der Waals surface area contributed by atoms with Crippen LogP contribution in [-0.2, 0) is 11.4 Å². The van der Waals surface area contributed by atoms with Crippen LogP contribution in [0.15, 0.2) is 75.8 Å². The summed E-state index contributed by atoms with van der Waals surface area (Å²) in [5.41, 5.74) is 1.33. The standard InChI is InChI=1S/C26H26N4O6/c1-16(2)23(28-24(31)21-5-4-14-34-21)25(32)27-18-8-12-20(13-9-18)35-15-22-29-30-26(36-22)17-6-10-19(33-3)11-7-17/h4-14,16,23H,15H2,1-3H3,(H,27,32)(H,28,31)/t23-/m1/s1. The lowest BCUT2D eigenvalue weighted by molar-refractivity contribution is -0.118. The molecule has 0 saturated heterocycles. The molecule has 0 fully saturated rings. The van der Waals surface area contributed by atoms with Gasteiger partial charge in [-0.15, -0.1) is 10.2 Å². The van der Waals surface area contributed by atoms with Gasteiger partial charge < -0.3 is 28.9 Å². The van der Waals surface area contributed by atoms with E-state index in [0.29, 0.717) is 23.2 Å². The van der Waals surface area contributed by atoms with E-state index in [-0.39, 0.29) is 24.2 Å². The van der Waals surface area contributed by atoms with Gasteiger partial charge in [0, 0.05) is 11.3 Å². The molecule has 0 bridgehead atoms. The zero-order valence-corrected chi connectivity index (χ0v) is 20.1. The van der Waals surface area contributed by atoms with E-state index in [4.69, 9.17) is 18.3 Å². The highest BCUT2D eigenvalue weighted by Crippen LogP contribution is 2.22. The first-order valence-corrected chi connectivity index (χ1v) is 11.3. The Hall–Kier alpha value is -4.60. The number of hydrogen-bond donors (Lipinski definition) is 2. The second-order valence-corrected chi connectivity index (χ2v) is 8.20. The highest BCUT2D eigenvalue weighted by molar-refractivity contribution is 6.00. The van der Waals surface area contributed by atoms with Crippen molar-refractivity contribution in [2.24, 2.45) is 5.92 Å². The molecule has 0 aliphatic carbocycles. The van der Waals surface area contributed by atoms with Crippen molar-refractivity contribution in [3.05, 3.63) is 78.6 Å². The maximum absolute atomic E-state index is 12.8. The minimum Gasteiger partial charge on any atom is -0.497 e. The van der Waals surface area contributed by atoms with Crippen molar-refractivity contribution in [2.45, 2.75) is 26.5 Å². The van der Waals surface area contributed by atoms with E-state index >= 15 is 0 Å². The van der Waals surface area contributed by atoms with Gasteiger partial charge in [-0.25, -0.2) is 0 Å². The van der Waals surface area contributed by atoms with E-state index in [9.17, 15) is 9.59 Å². The van der Waals surface area contributed by atoms with Gasteiger partial charge in [-0.2, -0.15) is 0 Å². The van der Waals surface area contributed by atoms with Gasteiger partial charge in [0.2, 0.25) is 11.8 Å². The van der Waals surface area contributed by atoms with Crippen molar-refractivity contribution in [1.82, 2.24) is 15.5 Å². The molecule has 0 aliphatic rings. The van der Waals surface area contributed by atoms with Crippen molar-refractivity contribution >= 4 is 17.5 Å². The minimum atomic E-state index is -0.740. The number of aromatic nitrogens is 2. The quantitative estimate of drug-likeness (QED) is 0.336. The molecular formula is C26H26N4O6. The molecule has 0 radical (unpaired) electrons. The molecule has 0 unspecified atom stereocenters. The third-order valence-electron chi connectivity index (χ3n) is 5.27. The van der Waals surface area contributed by atoms with Crippen molar-refractivity contribution in [3.63, 3.8) is 0 Å². The Bertz CT molecular complexity index is 1280. The van der Waals surface area contributed by atoms with Crippen LogP contribution in [0.2, 0.25) is 0 Å². The lowest BCUT2D eigenvalue weighted by Crippen LogP contribution is -2.47. The highest BCUT2D eigenvalue weighted by Gasteiger charge is 2.25. The molecule has 1 atom stereocenters. The monoisotopic (exact) mass is 490 g/mol. The maximum atomic E-state index is 12.8. The van der Waals surface area contributed by atoms with E-state index in [0.717, 1.165) is 11.3 Å². The summed E-state index contributed by atoms with van der Waals surface area (Å²) >= 11 is 0. The van der Waals surface area contributed by atoms with Crippen molar-refractivity contribution < 1.29 is 27.9 Å². The van der Waals surface area contributed by atoms with Crippen LogP contribution in [0.25, 0.3) is 11.5 Å². The summed E-state index contributed by atoms with van der Waals surface area (Å²) in [5, 5.41) is 13.6. The van der Waals surface area contributed by atoms with Gasteiger partial charge in [0.1, 0.15) is 17.5 Å². The summed E-state index contributed by atoms with van der Waals surface area (Å²) < 4.78 is 21.6. The Morgan fingerprint density at radius 1 is 0.972 bits per heavy atom. The van der Waals surface area contributed by atoms with Crippen LogP contribution in [0.5, 0.6) is 11.5 Å². The molecule has 4 aromatic rings. The number of methoxy groups -OCH3 is 1. The van der Waals surface area contributed by atoms with E-state index in [2.05, 4.69) is 20.8 Å². The predicted octanol–water partition coefficient (Wildman–Crippen LogP) is 4.31. The Balaban J connectivity index is 1.31. The first-order valence-electron chi connectivity index (χ1n) is 11.3. The normalized spacial score (nSPS) is 11.7. The first-order chi connectivity index (χ1) is 17.4. The highest BCUT2D eigenvalue weighted by atomic mass is 16.5. The minimum absolute atomic E-state index is 0.0864. The number of nitrogens with one attached hydrogen (secondary N) is 2. The number of nitrogens with zero attached hydrogens (tertiary/aromatic N) is 2. The number of amides is 2. The SMILES string of the molecule is COc1ccc(-c2nnc(COc3ccc(NC(=O)[C@H](NC(=O)c4ccco4)C(C)C)cc3)o2)cc1. The fourth-order valence-electron chi connectivity index (χ4n) is 3.32. The Kier molecular flexibility index (Phi) is 7.64. The van der Waals surface area contributed by atoms with E-state index < -0.39 is 11.9 Å². The van der Waals surface area contributed by atoms with Gasteiger partial charge in [-0.1, -0.05) is 13.8 Å². The zero-order chi connectivity index (χ0) is 25.5. The molecule has 2 amide bonds. The summed E-state index contributed by atoms with van der Waals surface area (Å²) in [4.78, 5) is 25.1. The van der Waals surface area contributed by atoms with Crippen LogP contribution in [0, 0.1) is 5.92 Å². The lowest BCUT2D eigenvalue weighted by atomic mass is 10.0. The molecule has 0 aliphatic heterocycles. The van der Waals surface area contributed by atoms with Crippen LogP contribution in [-0.4, -0.2) is 35.2 Å². The van der Waals surface area contributed by atoms with Gasteiger partial charge >= 0.3 is 0 Å². The number of benzene rings is 2. The third kappa shape index (κ3) is 6.09. The Morgan fingerprint density at radius 2 is 1.69 bits per heavy atom. The fraction of sp³-hybridized carbons (Fsp3) is 0.231. The number of hydrogen-bond acceptors (Lipinski definition) is 8. The number of carbonyl (C=O) groups excluding carboxylic acids is 2. The average molecular weight is 491 g/mol. The average Bonchev–Trinajstić information content (AvgIpc) is 3.59. The first kappa shape index (κ1) is 24.5. The van der Waals surface area contributed by atoms with Crippen LogP contribution in [0.1, 0.15) is 30.3 Å². The zero-order valence-electron chi connectivity index (χ0n) is 20.1. The Morgan fingerprint density at radius 3 is 2.33 bits per heavy atom. The second-order valence-electron chi connectivity index (χ2n) is 8.20. The molecule has 4 rings (SSSR count). The fourth-order valence-corrected chi connectivity index (χ4v) is 3.32. The van der Waals surface area contributed by atoms with Crippen LogP contribution in [0.4, 0.5) is 5.69 Å². The summed E-state index contributed by atoms with van der Waals surface area (Å²) in [7, 11) is 1.60. The van der Waals surface area contributed by atoms with Gasteiger partial charge in [-0.3, -0.25) is 9.59 Å². The maximum Gasteiger partial charge on any atom is 0.287 e. The van der Waals surface area contributed by atoms with Crippen molar-refractivity contribution in [3.8, 4) is 23.0 Å². The summed E-state index contributed by atoms with van der Waals surface area (Å²) in [6, 6.07) is 16.5. The van der Waals surface area contributed by atoms with Crippen LogP contribution < -0.4 is 20.1 Å². The topological polar surface area (TPSA) is 129 Å². The molecule has 36 heavy (non-hydrogen) atoms. The number of furan rings is 1. The van der Waals surface area contributed by atoms with E-state index in [1.165, 1.54) is 12.3 Å². The largest absolute Gasteiger partial charge is 0.497 e. The van der Waals surface area contributed by atoms with Gasteiger partial charge in [0.05, 0.1) is 13.4 Å². The predicted molar refractivity (Wildman–Crippen MR) is 130 cm³/mol. The molecule has 2 aromatic heterocycles. The number of anilines is 1. The summed E-state index contributed by atoms with van der Waals surface area (Å²) in [6.07, 6.45) is 1.40. The van der Waals surface area contributed by atoms with Gasteiger partial charge in [-0.05, 0) is 66.6 Å². The molecule has 0 spiro atoms. The van der Waals surface area contributed by atoms with Crippen LogP contribution >= 0.6 is 0 Å². The van der Waals surface area contributed by atoms with Gasteiger partial charge in [0.15, 0.2) is 12.4 Å². The van der Waals surface area contributed by atoms with Crippen LogP contribution in [0.3, 0.4) is 0 Å². The molecule has 0 saturated carbocycles. The second kappa shape index (κ2) is 11.2. The molecule has 10 nitrogen and oxygen atoms in total. The van der Waals surface area contributed by atoms with E-state index in [1.807, 2.05) is 38.1 Å². The Labute approximate surface area is 207 Å². The molecule has 186 valence electrons. The third-order valence-corrected chi connectivity index (χ3v) is 5.27. The number of ether oxygens (including phenoxy) is 2. The van der Waals surface area contributed by atoms with Crippen molar-refractivity contribution in [2.75, 3.05) is 12.4 Å². The van der Waals surface area contributed by atoms with Crippen molar-refractivity contribution in [1.29, 1.82) is 0 Å². The summed E-state index contributed by atoms with van der Waals surface area (Å²) in [6.45, 7) is 3.78. The number of rotatable bonds is 10. The molecular weight excluding hydrogens is 464 g/mol.